The first kappa shape index (κ1) is 25.8. The molecule has 0 fully saturated rings. The maximum absolute atomic E-state index is 16.1. The number of ether oxygens (including phenoxy) is 2. The summed E-state index contributed by atoms with van der Waals surface area (Å²) in [6, 6.07) is 36.5. The Labute approximate surface area is 215 Å². The number of methoxy groups -OCH3 is 2. The van der Waals surface area contributed by atoms with Gasteiger partial charge in [0.25, 0.3) is 0 Å². The van der Waals surface area contributed by atoms with E-state index in [2.05, 4.69) is 50.2 Å². The molecule has 0 saturated carbocycles. The third kappa shape index (κ3) is 5.27. The largest absolute Gasteiger partial charge is 0.496 e. The summed E-state index contributed by atoms with van der Waals surface area (Å²) in [5.74, 6) is 1.72. The fourth-order valence-electron chi connectivity index (χ4n) is 5.32. The quantitative estimate of drug-likeness (QED) is 0.205. The Balaban J connectivity index is 2.09. The average molecular weight is 499 g/mol. The summed E-state index contributed by atoms with van der Waals surface area (Å²) in [7, 11) is 0.244. The van der Waals surface area contributed by atoms with Crippen LogP contribution in [0.4, 0.5) is 0 Å². The van der Waals surface area contributed by atoms with Gasteiger partial charge in [-0.15, -0.1) is 0 Å². The molecule has 0 radical (unpaired) electrons. The highest BCUT2D eigenvalue weighted by Gasteiger charge is 2.45. The molecule has 4 rings (SSSR count). The highest BCUT2D eigenvalue weighted by atomic mass is 31.2. The number of para-hydroxylation sites is 2. The molecule has 4 aromatic carbocycles. The molecule has 0 N–H and O–H groups in total. The first-order valence-corrected chi connectivity index (χ1v) is 14.5. The maximum atomic E-state index is 16.1. The standard InChI is InChI=1S/C32H35O3P/c1-24(2)23-36(33,31(25-15-7-5-8-16-25)27-19-11-13-21-29(27)34-3)32(26-17-9-6-10-18-26)28-20-12-14-22-30(28)35-4/h5-22,24,31-32H,23H2,1-4H3. The SMILES string of the molecule is COc1ccccc1C(c1ccccc1)P(=O)(CC(C)C)C(c1ccccc1)c1ccccc1OC. The molecule has 0 saturated heterocycles. The molecule has 0 heterocycles. The zero-order chi connectivity index (χ0) is 25.5. The van der Waals surface area contributed by atoms with Crippen LogP contribution in [0.15, 0.2) is 109 Å². The Morgan fingerprint density at radius 3 is 1.31 bits per heavy atom. The Morgan fingerprint density at radius 1 is 0.583 bits per heavy atom. The van der Waals surface area contributed by atoms with Crippen molar-refractivity contribution in [1.82, 2.24) is 0 Å². The molecule has 4 aromatic rings. The number of benzene rings is 4. The zero-order valence-corrected chi connectivity index (χ0v) is 22.4. The van der Waals surface area contributed by atoms with E-state index >= 15 is 4.57 Å². The van der Waals surface area contributed by atoms with Gasteiger partial charge in [0.1, 0.15) is 18.6 Å². The Kier molecular flexibility index (Phi) is 8.33. The lowest BCUT2D eigenvalue weighted by molar-refractivity contribution is 0.408. The second kappa shape index (κ2) is 11.6. The van der Waals surface area contributed by atoms with Crippen LogP contribution in [-0.4, -0.2) is 20.4 Å². The summed E-state index contributed by atoms with van der Waals surface area (Å²) in [5, 5.41) is 0. The van der Waals surface area contributed by atoms with Crippen molar-refractivity contribution in [3.63, 3.8) is 0 Å². The Hall–Kier alpha value is -3.29. The molecule has 0 aliphatic carbocycles. The summed E-state index contributed by atoms with van der Waals surface area (Å²) in [6.07, 6.45) is 0.572. The van der Waals surface area contributed by atoms with Crippen LogP contribution in [0.5, 0.6) is 11.5 Å². The third-order valence-electron chi connectivity index (χ3n) is 6.62. The monoisotopic (exact) mass is 498 g/mol. The van der Waals surface area contributed by atoms with Crippen LogP contribution in [0, 0.1) is 5.92 Å². The number of hydrogen-bond acceptors (Lipinski definition) is 3. The molecule has 0 amide bonds. The average Bonchev–Trinajstić information content (AvgIpc) is 2.90. The minimum absolute atomic E-state index is 0.220. The Morgan fingerprint density at radius 2 is 0.944 bits per heavy atom. The number of rotatable bonds is 10. The van der Waals surface area contributed by atoms with E-state index in [1.165, 1.54) is 0 Å². The van der Waals surface area contributed by atoms with Gasteiger partial charge in [0, 0.05) is 17.3 Å². The van der Waals surface area contributed by atoms with Crippen LogP contribution in [0.2, 0.25) is 0 Å². The van der Waals surface area contributed by atoms with Gasteiger partial charge in [0.15, 0.2) is 0 Å². The predicted octanol–water partition coefficient (Wildman–Crippen LogP) is 8.60. The molecule has 186 valence electrons. The van der Waals surface area contributed by atoms with Gasteiger partial charge < -0.3 is 14.0 Å². The summed E-state index contributed by atoms with van der Waals surface area (Å²) >= 11 is 0. The molecular weight excluding hydrogens is 463 g/mol. The minimum atomic E-state index is -3.12. The third-order valence-corrected chi connectivity index (χ3v) is 10.8. The summed E-state index contributed by atoms with van der Waals surface area (Å²) in [6.45, 7) is 4.31. The van der Waals surface area contributed by atoms with Crippen molar-refractivity contribution in [3.8, 4) is 11.5 Å². The lowest BCUT2D eigenvalue weighted by Crippen LogP contribution is -2.17. The van der Waals surface area contributed by atoms with Crippen molar-refractivity contribution in [1.29, 1.82) is 0 Å². The van der Waals surface area contributed by atoms with Crippen LogP contribution >= 0.6 is 7.14 Å². The molecule has 2 atom stereocenters. The number of hydrogen-bond donors (Lipinski definition) is 0. The van der Waals surface area contributed by atoms with Crippen molar-refractivity contribution in [2.24, 2.45) is 5.92 Å². The van der Waals surface area contributed by atoms with Crippen molar-refractivity contribution < 1.29 is 14.0 Å². The van der Waals surface area contributed by atoms with E-state index in [0.717, 1.165) is 33.8 Å². The summed E-state index contributed by atoms with van der Waals surface area (Å²) < 4.78 is 27.7. The lowest BCUT2D eigenvalue weighted by Gasteiger charge is -2.38. The van der Waals surface area contributed by atoms with Crippen molar-refractivity contribution in [3.05, 3.63) is 131 Å². The van der Waals surface area contributed by atoms with Gasteiger partial charge in [-0.1, -0.05) is 111 Å². The minimum Gasteiger partial charge on any atom is -0.496 e. The smallest absolute Gasteiger partial charge is 0.123 e. The van der Waals surface area contributed by atoms with E-state index in [0.29, 0.717) is 6.16 Å². The fourth-order valence-corrected chi connectivity index (χ4v) is 9.90. The topological polar surface area (TPSA) is 35.5 Å². The van der Waals surface area contributed by atoms with Crippen LogP contribution in [0.3, 0.4) is 0 Å². The predicted molar refractivity (Wildman–Crippen MR) is 150 cm³/mol. The second-order valence-corrected chi connectivity index (χ2v) is 12.6. The van der Waals surface area contributed by atoms with E-state index in [1.54, 1.807) is 14.2 Å². The van der Waals surface area contributed by atoms with Gasteiger partial charge in [-0.2, -0.15) is 0 Å². The van der Waals surface area contributed by atoms with Crippen LogP contribution in [0.25, 0.3) is 0 Å². The Bertz CT molecular complexity index is 1210. The molecule has 0 spiro atoms. The van der Waals surface area contributed by atoms with E-state index in [-0.39, 0.29) is 17.2 Å². The molecule has 36 heavy (non-hydrogen) atoms. The van der Waals surface area contributed by atoms with Gasteiger partial charge in [0.05, 0.1) is 25.5 Å². The highest BCUT2D eigenvalue weighted by Crippen LogP contribution is 2.74. The highest BCUT2D eigenvalue weighted by molar-refractivity contribution is 7.65. The van der Waals surface area contributed by atoms with Crippen LogP contribution in [0.1, 0.15) is 47.4 Å². The van der Waals surface area contributed by atoms with E-state index in [1.807, 2.05) is 72.8 Å². The molecule has 0 bridgehead atoms. The van der Waals surface area contributed by atoms with Gasteiger partial charge in [0.2, 0.25) is 0 Å². The molecule has 0 aliphatic heterocycles. The molecule has 0 aliphatic rings. The molecule has 4 heteroatoms. The van der Waals surface area contributed by atoms with Crippen molar-refractivity contribution in [2.45, 2.75) is 25.2 Å². The first-order valence-electron chi connectivity index (χ1n) is 12.4. The maximum Gasteiger partial charge on any atom is 0.123 e. The van der Waals surface area contributed by atoms with E-state index in [4.69, 9.17) is 9.47 Å². The first-order chi connectivity index (χ1) is 17.5. The van der Waals surface area contributed by atoms with E-state index < -0.39 is 7.14 Å². The molecule has 0 aromatic heterocycles. The summed E-state index contributed by atoms with van der Waals surface area (Å²) in [5.41, 5.74) is 3.25. The van der Waals surface area contributed by atoms with Crippen LogP contribution < -0.4 is 9.47 Å². The van der Waals surface area contributed by atoms with Gasteiger partial charge in [-0.25, -0.2) is 0 Å². The van der Waals surface area contributed by atoms with Crippen LogP contribution in [-0.2, 0) is 4.57 Å². The van der Waals surface area contributed by atoms with Gasteiger partial charge in [-0.3, -0.25) is 0 Å². The lowest BCUT2D eigenvalue weighted by atomic mass is 10.0. The van der Waals surface area contributed by atoms with Crippen molar-refractivity contribution in [2.75, 3.05) is 20.4 Å². The van der Waals surface area contributed by atoms with Gasteiger partial charge in [-0.05, 0) is 29.2 Å². The van der Waals surface area contributed by atoms with Crippen molar-refractivity contribution >= 4 is 7.14 Å². The molecular formula is C32H35O3P. The van der Waals surface area contributed by atoms with Gasteiger partial charge >= 0.3 is 0 Å². The zero-order valence-electron chi connectivity index (χ0n) is 21.5. The summed E-state index contributed by atoms with van der Waals surface area (Å²) in [4.78, 5) is 0. The normalized spacial score (nSPS) is 14.6. The molecule has 3 nitrogen and oxygen atoms in total. The molecule has 2 unspecified atom stereocenters. The second-order valence-electron chi connectivity index (χ2n) is 9.54. The fraction of sp³-hybridized carbons (Fsp3) is 0.250. The van der Waals surface area contributed by atoms with E-state index in [9.17, 15) is 0 Å².